The quantitative estimate of drug-likeness (QED) is 0.464. The highest BCUT2D eigenvalue weighted by molar-refractivity contribution is 6.30. The molecule has 31 heavy (non-hydrogen) atoms. The van der Waals surface area contributed by atoms with E-state index < -0.39 is 5.91 Å². The van der Waals surface area contributed by atoms with E-state index in [0.717, 1.165) is 16.0 Å². The minimum absolute atomic E-state index is 0.00872. The summed E-state index contributed by atoms with van der Waals surface area (Å²) in [5, 5.41) is 10.1. The SMILES string of the molecule is CC1=C(C#N)C(=O)N(CC(C)C)C(=O)/C1=C/c1ccc(OCc2ccc(Cl)cc2)cc1. The number of benzene rings is 2. The third-order valence-corrected chi connectivity index (χ3v) is 5.13. The van der Waals surface area contributed by atoms with Crippen molar-refractivity contribution in [3.8, 4) is 11.8 Å². The number of nitriles is 1. The van der Waals surface area contributed by atoms with Gasteiger partial charge in [0.05, 0.1) is 0 Å². The van der Waals surface area contributed by atoms with E-state index in [1.54, 1.807) is 13.0 Å². The average Bonchev–Trinajstić information content (AvgIpc) is 2.75. The van der Waals surface area contributed by atoms with E-state index in [9.17, 15) is 14.9 Å². The summed E-state index contributed by atoms with van der Waals surface area (Å²) in [4.78, 5) is 26.7. The van der Waals surface area contributed by atoms with E-state index in [0.29, 0.717) is 28.5 Å². The van der Waals surface area contributed by atoms with Crippen LogP contribution in [0.15, 0.2) is 65.3 Å². The normalized spacial score (nSPS) is 15.6. The van der Waals surface area contributed by atoms with Crippen LogP contribution in [0.1, 0.15) is 31.9 Å². The van der Waals surface area contributed by atoms with Gasteiger partial charge in [-0.2, -0.15) is 5.26 Å². The summed E-state index contributed by atoms with van der Waals surface area (Å²) in [5.41, 5.74) is 2.54. The van der Waals surface area contributed by atoms with Gasteiger partial charge in [0.2, 0.25) is 0 Å². The number of imide groups is 1. The van der Waals surface area contributed by atoms with Crippen molar-refractivity contribution in [3.05, 3.63) is 81.4 Å². The van der Waals surface area contributed by atoms with Gasteiger partial charge >= 0.3 is 0 Å². The molecule has 0 N–H and O–H groups in total. The van der Waals surface area contributed by atoms with Gasteiger partial charge in [0.25, 0.3) is 11.8 Å². The summed E-state index contributed by atoms with van der Waals surface area (Å²) in [6.07, 6.45) is 1.71. The Kier molecular flexibility index (Phi) is 6.94. The van der Waals surface area contributed by atoms with E-state index in [2.05, 4.69) is 0 Å². The zero-order valence-electron chi connectivity index (χ0n) is 17.7. The molecule has 0 aliphatic carbocycles. The molecule has 2 aromatic rings. The molecule has 2 amide bonds. The Balaban J connectivity index is 1.81. The lowest BCUT2D eigenvalue weighted by molar-refractivity contribution is -0.141. The molecular weight excluding hydrogens is 412 g/mol. The standard InChI is InChI=1S/C25H23ClN2O3/c1-16(2)14-28-24(29)22(17(3)23(13-27)25(28)30)12-18-6-10-21(11-7-18)31-15-19-4-8-20(26)9-5-19/h4-12,16H,14-15H2,1-3H3/b22-12+. The molecule has 0 spiro atoms. The van der Waals surface area contributed by atoms with Crippen LogP contribution in [-0.4, -0.2) is 23.3 Å². The molecule has 5 nitrogen and oxygen atoms in total. The number of hydrogen-bond acceptors (Lipinski definition) is 4. The van der Waals surface area contributed by atoms with E-state index in [-0.39, 0.29) is 23.9 Å². The highest BCUT2D eigenvalue weighted by Gasteiger charge is 2.35. The van der Waals surface area contributed by atoms with Crippen LogP contribution in [-0.2, 0) is 16.2 Å². The molecule has 0 saturated carbocycles. The van der Waals surface area contributed by atoms with Crippen molar-refractivity contribution >= 4 is 29.5 Å². The molecule has 0 atom stereocenters. The predicted molar refractivity (Wildman–Crippen MR) is 120 cm³/mol. The topological polar surface area (TPSA) is 70.4 Å². The minimum atomic E-state index is -0.526. The number of carbonyl (C=O) groups is 2. The smallest absolute Gasteiger partial charge is 0.271 e. The van der Waals surface area contributed by atoms with Crippen LogP contribution in [0.5, 0.6) is 5.75 Å². The first-order valence-electron chi connectivity index (χ1n) is 9.96. The Labute approximate surface area is 187 Å². The van der Waals surface area contributed by atoms with Gasteiger partial charge in [-0.05, 0) is 59.9 Å². The van der Waals surface area contributed by atoms with Crippen LogP contribution in [0, 0.1) is 17.2 Å². The van der Waals surface area contributed by atoms with Crippen molar-refractivity contribution in [2.24, 2.45) is 5.92 Å². The maximum atomic E-state index is 13.0. The molecule has 0 aromatic heterocycles. The second-order valence-corrected chi connectivity index (χ2v) is 8.21. The first-order valence-corrected chi connectivity index (χ1v) is 10.3. The Morgan fingerprint density at radius 2 is 1.71 bits per heavy atom. The third kappa shape index (κ3) is 5.22. The van der Waals surface area contributed by atoms with E-state index in [1.165, 1.54) is 0 Å². The van der Waals surface area contributed by atoms with Crippen molar-refractivity contribution < 1.29 is 14.3 Å². The number of hydrogen-bond donors (Lipinski definition) is 0. The van der Waals surface area contributed by atoms with Crippen molar-refractivity contribution in [1.82, 2.24) is 4.90 Å². The fourth-order valence-corrected chi connectivity index (χ4v) is 3.36. The van der Waals surface area contributed by atoms with Crippen LogP contribution in [0.25, 0.3) is 6.08 Å². The lowest BCUT2D eigenvalue weighted by Gasteiger charge is -2.28. The van der Waals surface area contributed by atoms with Crippen molar-refractivity contribution in [3.63, 3.8) is 0 Å². The Morgan fingerprint density at radius 3 is 2.29 bits per heavy atom. The van der Waals surface area contributed by atoms with Gasteiger partial charge in [-0.15, -0.1) is 0 Å². The van der Waals surface area contributed by atoms with Gasteiger partial charge in [0, 0.05) is 17.1 Å². The number of nitrogens with zero attached hydrogens (tertiary/aromatic N) is 2. The highest BCUT2D eigenvalue weighted by atomic mass is 35.5. The summed E-state index contributed by atoms with van der Waals surface area (Å²) in [7, 11) is 0. The summed E-state index contributed by atoms with van der Waals surface area (Å²) >= 11 is 5.89. The lowest BCUT2D eigenvalue weighted by Crippen LogP contribution is -2.44. The van der Waals surface area contributed by atoms with Crippen LogP contribution in [0.3, 0.4) is 0 Å². The Bertz CT molecular complexity index is 1090. The molecule has 0 saturated heterocycles. The number of carbonyl (C=O) groups excluding carboxylic acids is 2. The van der Waals surface area contributed by atoms with Crippen LogP contribution >= 0.6 is 11.6 Å². The molecule has 0 unspecified atom stereocenters. The van der Waals surface area contributed by atoms with Crippen molar-refractivity contribution in [1.29, 1.82) is 5.26 Å². The van der Waals surface area contributed by atoms with Gasteiger partial charge in [0.15, 0.2) is 0 Å². The Hall–Kier alpha value is -3.36. The molecule has 1 aliphatic rings. The van der Waals surface area contributed by atoms with Crippen LogP contribution < -0.4 is 4.74 Å². The highest BCUT2D eigenvalue weighted by Crippen LogP contribution is 2.28. The average molecular weight is 435 g/mol. The zero-order valence-corrected chi connectivity index (χ0v) is 18.4. The van der Waals surface area contributed by atoms with Gasteiger partial charge < -0.3 is 4.74 Å². The molecule has 0 bridgehead atoms. The molecule has 0 radical (unpaired) electrons. The van der Waals surface area contributed by atoms with Crippen LogP contribution in [0.2, 0.25) is 5.02 Å². The second-order valence-electron chi connectivity index (χ2n) is 7.77. The summed E-state index contributed by atoms with van der Waals surface area (Å²) < 4.78 is 5.79. The van der Waals surface area contributed by atoms with Gasteiger partial charge in [-0.3, -0.25) is 14.5 Å². The number of amides is 2. The number of halogens is 1. The van der Waals surface area contributed by atoms with E-state index in [1.807, 2.05) is 68.4 Å². The maximum absolute atomic E-state index is 13.0. The first kappa shape index (κ1) is 22.3. The zero-order chi connectivity index (χ0) is 22.5. The van der Waals surface area contributed by atoms with Crippen molar-refractivity contribution in [2.45, 2.75) is 27.4 Å². The molecule has 0 fully saturated rings. The minimum Gasteiger partial charge on any atom is -0.489 e. The van der Waals surface area contributed by atoms with E-state index >= 15 is 0 Å². The number of rotatable bonds is 6. The lowest BCUT2D eigenvalue weighted by atomic mass is 9.93. The van der Waals surface area contributed by atoms with Crippen LogP contribution in [0.4, 0.5) is 0 Å². The molecular formula is C25H23ClN2O3. The fraction of sp³-hybridized carbons (Fsp3) is 0.240. The largest absolute Gasteiger partial charge is 0.489 e. The molecule has 1 aliphatic heterocycles. The monoisotopic (exact) mass is 434 g/mol. The summed E-state index contributed by atoms with van der Waals surface area (Å²) in [5.74, 6) is -0.113. The predicted octanol–water partition coefficient (Wildman–Crippen LogP) is 5.17. The molecule has 158 valence electrons. The third-order valence-electron chi connectivity index (χ3n) is 4.88. The van der Waals surface area contributed by atoms with Gasteiger partial charge in [-0.1, -0.05) is 49.7 Å². The summed E-state index contributed by atoms with van der Waals surface area (Å²) in [6.45, 7) is 6.16. The molecule has 1 heterocycles. The molecule has 2 aromatic carbocycles. The van der Waals surface area contributed by atoms with Crippen molar-refractivity contribution in [2.75, 3.05) is 6.54 Å². The Morgan fingerprint density at radius 1 is 1.06 bits per heavy atom. The van der Waals surface area contributed by atoms with E-state index in [4.69, 9.17) is 16.3 Å². The molecule has 6 heteroatoms. The first-order chi connectivity index (χ1) is 14.8. The van der Waals surface area contributed by atoms with Gasteiger partial charge in [-0.25, -0.2) is 0 Å². The summed E-state index contributed by atoms with van der Waals surface area (Å²) in [6, 6.07) is 16.7. The molecule has 3 rings (SSSR count). The maximum Gasteiger partial charge on any atom is 0.271 e. The number of ether oxygens (including phenoxy) is 1. The fourth-order valence-electron chi connectivity index (χ4n) is 3.23. The second kappa shape index (κ2) is 9.63. The van der Waals surface area contributed by atoms with Gasteiger partial charge in [0.1, 0.15) is 24.0 Å².